The van der Waals surface area contributed by atoms with Crippen LogP contribution in [-0.4, -0.2) is 22.5 Å². The molecular formula is C31H31BrFN3O3. The molecule has 1 aromatic heterocycles. The van der Waals surface area contributed by atoms with E-state index in [9.17, 15) is 9.18 Å². The normalized spacial score (nSPS) is 12.1. The summed E-state index contributed by atoms with van der Waals surface area (Å²) >= 11 is 3.45. The number of hydrogen-bond donors (Lipinski definition) is 0. The zero-order valence-electron chi connectivity index (χ0n) is 22.3. The summed E-state index contributed by atoms with van der Waals surface area (Å²) in [4.78, 5) is 18.3. The number of rotatable bonds is 11. The molecule has 202 valence electrons. The third kappa shape index (κ3) is 6.63. The lowest BCUT2D eigenvalue weighted by atomic mass is 10.1. The number of aromatic nitrogens is 2. The van der Waals surface area contributed by atoms with Gasteiger partial charge in [0.2, 0.25) is 0 Å². The molecule has 4 aromatic rings. The Kier molecular flexibility index (Phi) is 9.30. The number of benzene rings is 3. The van der Waals surface area contributed by atoms with E-state index in [4.69, 9.17) is 14.5 Å². The van der Waals surface area contributed by atoms with Crippen molar-refractivity contribution in [3.8, 4) is 11.5 Å². The highest BCUT2D eigenvalue weighted by atomic mass is 79.9. The molecule has 0 saturated heterocycles. The van der Waals surface area contributed by atoms with E-state index in [1.54, 1.807) is 30.5 Å². The summed E-state index contributed by atoms with van der Waals surface area (Å²) in [5.41, 5.74) is 2.83. The number of hydrogen-bond acceptors (Lipinski definition) is 5. The second kappa shape index (κ2) is 12.8. The van der Waals surface area contributed by atoms with Crippen LogP contribution in [0.25, 0.3) is 10.9 Å². The molecule has 0 aliphatic carbocycles. The molecule has 1 heterocycles. The Balaban J connectivity index is 1.76. The molecule has 0 saturated carbocycles. The van der Waals surface area contributed by atoms with Crippen molar-refractivity contribution in [3.05, 3.63) is 110 Å². The van der Waals surface area contributed by atoms with Gasteiger partial charge in [-0.1, -0.05) is 48.0 Å². The minimum absolute atomic E-state index is 0.0282. The molecule has 3 aromatic carbocycles. The van der Waals surface area contributed by atoms with Gasteiger partial charge in [0.25, 0.3) is 5.56 Å². The molecule has 0 aliphatic rings. The van der Waals surface area contributed by atoms with Crippen LogP contribution in [-0.2, 0) is 13.0 Å². The molecule has 0 bridgehead atoms. The summed E-state index contributed by atoms with van der Waals surface area (Å²) in [6.07, 6.45) is 4.76. The molecular weight excluding hydrogens is 561 g/mol. The lowest BCUT2D eigenvalue weighted by molar-refractivity contribution is 0.267. The fourth-order valence-electron chi connectivity index (χ4n) is 4.13. The summed E-state index contributed by atoms with van der Waals surface area (Å²) in [5, 5.41) is 5.09. The van der Waals surface area contributed by atoms with E-state index in [0.29, 0.717) is 41.3 Å². The third-order valence-corrected chi connectivity index (χ3v) is 6.82. The Hall–Kier alpha value is -3.78. The lowest BCUT2D eigenvalue weighted by Crippen LogP contribution is -2.23. The highest BCUT2D eigenvalue weighted by molar-refractivity contribution is 9.10. The molecule has 0 fully saturated rings. The van der Waals surface area contributed by atoms with Crippen molar-refractivity contribution in [2.24, 2.45) is 5.10 Å². The number of nitrogens with zero attached hydrogens (tertiary/aromatic N) is 3. The molecule has 39 heavy (non-hydrogen) atoms. The Labute approximate surface area is 235 Å². The van der Waals surface area contributed by atoms with Crippen molar-refractivity contribution >= 4 is 33.0 Å². The van der Waals surface area contributed by atoms with Crippen LogP contribution in [0.15, 0.2) is 81.6 Å². The van der Waals surface area contributed by atoms with Gasteiger partial charge in [-0.25, -0.2) is 9.37 Å². The fourth-order valence-corrected chi connectivity index (χ4v) is 4.49. The van der Waals surface area contributed by atoms with Crippen LogP contribution in [0.2, 0.25) is 0 Å². The average Bonchev–Trinajstić information content (AvgIpc) is 2.93. The van der Waals surface area contributed by atoms with Crippen molar-refractivity contribution in [3.63, 3.8) is 0 Å². The smallest absolute Gasteiger partial charge is 0.282 e. The Morgan fingerprint density at radius 1 is 1.13 bits per heavy atom. The van der Waals surface area contributed by atoms with Crippen molar-refractivity contribution < 1.29 is 13.9 Å². The maximum atomic E-state index is 13.5. The SMILES string of the molecule is C=CCc1cc(C=Nn2c([C@H](C)CC)nc3ccc(Br)cc3c2=O)cc(OCC)c1OCc1ccc(F)cc1. The van der Waals surface area contributed by atoms with Crippen LogP contribution in [0.1, 0.15) is 55.6 Å². The number of ether oxygens (including phenoxy) is 2. The highest BCUT2D eigenvalue weighted by Crippen LogP contribution is 2.34. The molecule has 0 radical (unpaired) electrons. The number of allylic oxidation sites excluding steroid dienone is 1. The van der Waals surface area contributed by atoms with Gasteiger partial charge in [0.15, 0.2) is 11.5 Å². The molecule has 1 atom stereocenters. The quantitative estimate of drug-likeness (QED) is 0.135. The fraction of sp³-hybridized carbons (Fsp3) is 0.258. The first-order valence-corrected chi connectivity index (χ1v) is 13.7. The molecule has 0 unspecified atom stereocenters. The molecule has 6 nitrogen and oxygen atoms in total. The van der Waals surface area contributed by atoms with E-state index in [1.165, 1.54) is 16.8 Å². The number of halogens is 2. The first kappa shape index (κ1) is 28.2. The Morgan fingerprint density at radius 2 is 1.90 bits per heavy atom. The van der Waals surface area contributed by atoms with E-state index in [1.807, 2.05) is 38.1 Å². The van der Waals surface area contributed by atoms with Gasteiger partial charge in [-0.2, -0.15) is 9.78 Å². The maximum absolute atomic E-state index is 13.5. The monoisotopic (exact) mass is 591 g/mol. The summed E-state index contributed by atoms with van der Waals surface area (Å²) < 4.78 is 27.6. The van der Waals surface area contributed by atoms with Crippen LogP contribution in [0.5, 0.6) is 11.5 Å². The largest absolute Gasteiger partial charge is 0.490 e. The van der Waals surface area contributed by atoms with Crippen LogP contribution < -0.4 is 15.0 Å². The van der Waals surface area contributed by atoms with Gasteiger partial charge in [0.1, 0.15) is 18.2 Å². The topological polar surface area (TPSA) is 65.7 Å². The first-order chi connectivity index (χ1) is 18.8. The van der Waals surface area contributed by atoms with E-state index in [2.05, 4.69) is 34.5 Å². The van der Waals surface area contributed by atoms with E-state index >= 15 is 0 Å². The second-order valence-corrected chi connectivity index (χ2v) is 10.1. The van der Waals surface area contributed by atoms with Crippen molar-refractivity contribution in [2.45, 2.75) is 46.1 Å². The average molecular weight is 593 g/mol. The van der Waals surface area contributed by atoms with Crippen LogP contribution in [0.3, 0.4) is 0 Å². The minimum Gasteiger partial charge on any atom is -0.490 e. The molecule has 8 heteroatoms. The molecule has 4 rings (SSSR count). The summed E-state index contributed by atoms with van der Waals surface area (Å²) in [6.45, 7) is 10.5. The predicted molar refractivity (Wildman–Crippen MR) is 158 cm³/mol. The van der Waals surface area contributed by atoms with Gasteiger partial charge in [-0.05, 0) is 73.4 Å². The zero-order chi connectivity index (χ0) is 27.9. The van der Waals surface area contributed by atoms with Crippen molar-refractivity contribution in [1.29, 1.82) is 0 Å². The lowest BCUT2D eigenvalue weighted by Gasteiger charge is -2.17. The van der Waals surface area contributed by atoms with Crippen molar-refractivity contribution in [1.82, 2.24) is 9.66 Å². The predicted octanol–water partition coefficient (Wildman–Crippen LogP) is 7.40. The van der Waals surface area contributed by atoms with E-state index in [-0.39, 0.29) is 23.9 Å². The van der Waals surface area contributed by atoms with Crippen LogP contribution in [0.4, 0.5) is 4.39 Å². The Bertz CT molecular complexity index is 1560. The van der Waals surface area contributed by atoms with Crippen LogP contribution in [0, 0.1) is 5.82 Å². The van der Waals surface area contributed by atoms with Gasteiger partial charge < -0.3 is 9.47 Å². The maximum Gasteiger partial charge on any atom is 0.282 e. The second-order valence-electron chi connectivity index (χ2n) is 9.15. The number of fused-ring (bicyclic) bond motifs is 1. The summed E-state index contributed by atoms with van der Waals surface area (Å²) in [6, 6.07) is 15.4. The zero-order valence-corrected chi connectivity index (χ0v) is 23.9. The molecule has 0 spiro atoms. The van der Waals surface area contributed by atoms with Gasteiger partial charge in [0.05, 0.1) is 23.7 Å². The summed E-state index contributed by atoms with van der Waals surface area (Å²) in [5.74, 6) is 1.47. The van der Waals surface area contributed by atoms with Crippen LogP contribution >= 0.6 is 15.9 Å². The Morgan fingerprint density at radius 3 is 2.59 bits per heavy atom. The summed E-state index contributed by atoms with van der Waals surface area (Å²) in [7, 11) is 0. The first-order valence-electron chi connectivity index (χ1n) is 12.9. The molecule has 0 amide bonds. The molecule has 0 N–H and O–H groups in total. The van der Waals surface area contributed by atoms with Gasteiger partial charge in [-0.3, -0.25) is 4.79 Å². The van der Waals surface area contributed by atoms with E-state index in [0.717, 1.165) is 27.6 Å². The van der Waals surface area contributed by atoms with E-state index < -0.39 is 0 Å². The van der Waals surface area contributed by atoms with Gasteiger partial charge in [-0.15, -0.1) is 6.58 Å². The minimum atomic E-state index is -0.297. The standard InChI is InChI=1S/C31H31BrFN3O3/c1-5-8-23-15-22(16-28(38-7-3)29(23)39-19-21-9-12-25(33)13-10-21)18-34-36-30(20(4)6-2)35-27-14-11-24(32)17-26(27)31(36)37/h5,9-18,20H,1,6-8,19H2,2-4H3/t20-/m1/s1. The van der Waals surface area contributed by atoms with Gasteiger partial charge >= 0.3 is 0 Å². The third-order valence-electron chi connectivity index (χ3n) is 6.32. The van der Waals surface area contributed by atoms with Crippen molar-refractivity contribution in [2.75, 3.05) is 6.61 Å². The highest BCUT2D eigenvalue weighted by Gasteiger charge is 2.17. The van der Waals surface area contributed by atoms with Gasteiger partial charge in [0, 0.05) is 16.0 Å². The molecule has 0 aliphatic heterocycles.